The molecule has 6 heteroatoms. The molecule has 0 atom stereocenters. The fraction of sp³-hybridized carbons (Fsp3) is 0.545. The minimum atomic E-state index is -0.00579. The van der Waals surface area contributed by atoms with Gasteiger partial charge in [-0.05, 0) is 27.0 Å². The number of likely N-dealkylation sites (N-methyl/N-ethyl adjacent to an activating group) is 2. The minimum Gasteiger partial charge on any atom is -0.355 e. The third-order valence-corrected chi connectivity index (χ3v) is 2.26. The molecular formula is C11H17ClN4O. The Morgan fingerprint density at radius 2 is 2.24 bits per heavy atom. The highest BCUT2D eigenvalue weighted by Crippen LogP contribution is 2.07. The number of carbonyl (C=O) groups is 1. The number of halogens is 1. The average molecular weight is 257 g/mol. The Balaban J connectivity index is 2.55. The summed E-state index contributed by atoms with van der Waals surface area (Å²) in [5.41, 5.74) is 0.825. The summed E-state index contributed by atoms with van der Waals surface area (Å²) in [5, 5.41) is 3.17. The Labute approximate surface area is 106 Å². The van der Waals surface area contributed by atoms with Crippen LogP contribution in [0.25, 0.3) is 0 Å². The Bertz CT molecular complexity index is 377. The summed E-state index contributed by atoms with van der Waals surface area (Å²) in [6.07, 6.45) is 0. The van der Waals surface area contributed by atoms with E-state index < -0.39 is 0 Å². The molecule has 5 nitrogen and oxygen atoms in total. The summed E-state index contributed by atoms with van der Waals surface area (Å²) < 4.78 is 0. The summed E-state index contributed by atoms with van der Waals surface area (Å²) in [7, 11) is 1.84. The molecule has 1 N–H and O–H groups in total. The second-order valence-electron chi connectivity index (χ2n) is 3.87. The van der Waals surface area contributed by atoms with Gasteiger partial charge < -0.3 is 5.32 Å². The van der Waals surface area contributed by atoms with E-state index in [0.717, 1.165) is 5.69 Å². The topological polar surface area (TPSA) is 58.1 Å². The lowest BCUT2D eigenvalue weighted by molar-refractivity contribution is -0.121. The highest BCUT2D eigenvalue weighted by Gasteiger charge is 2.08. The van der Waals surface area contributed by atoms with E-state index in [1.807, 2.05) is 25.8 Å². The normalized spacial score (nSPS) is 10.6. The van der Waals surface area contributed by atoms with Gasteiger partial charge in [0.2, 0.25) is 5.91 Å². The molecule has 17 heavy (non-hydrogen) atoms. The number of rotatable bonds is 5. The lowest BCUT2D eigenvalue weighted by Gasteiger charge is -2.15. The van der Waals surface area contributed by atoms with Crippen LogP contribution in [-0.2, 0) is 11.3 Å². The van der Waals surface area contributed by atoms with Crippen LogP contribution in [0.15, 0.2) is 6.07 Å². The third kappa shape index (κ3) is 5.10. The quantitative estimate of drug-likeness (QED) is 0.799. The Morgan fingerprint density at radius 3 is 2.82 bits per heavy atom. The van der Waals surface area contributed by atoms with E-state index >= 15 is 0 Å². The van der Waals surface area contributed by atoms with Crippen molar-refractivity contribution < 1.29 is 4.79 Å². The number of amides is 1. The van der Waals surface area contributed by atoms with Gasteiger partial charge in [-0.3, -0.25) is 9.69 Å². The van der Waals surface area contributed by atoms with Crippen molar-refractivity contribution in [1.29, 1.82) is 0 Å². The summed E-state index contributed by atoms with van der Waals surface area (Å²) >= 11 is 5.84. The van der Waals surface area contributed by atoms with Crippen LogP contribution in [0.4, 0.5) is 0 Å². The molecule has 0 unspecified atom stereocenters. The van der Waals surface area contributed by atoms with Crippen LogP contribution < -0.4 is 5.32 Å². The van der Waals surface area contributed by atoms with E-state index in [1.54, 1.807) is 6.07 Å². The zero-order valence-electron chi connectivity index (χ0n) is 10.3. The minimum absolute atomic E-state index is 0.00579. The Morgan fingerprint density at radius 1 is 1.53 bits per heavy atom. The van der Waals surface area contributed by atoms with E-state index in [2.05, 4.69) is 15.3 Å². The molecule has 1 aromatic heterocycles. The van der Waals surface area contributed by atoms with Crippen molar-refractivity contribution in [2.45, 2.75) is 20.4 Å². The Kier molecular flexibility index (Phi) is 5.31. The van der Waals surface area contributed by atoms with Crippen LogP contribution >= 0.6 is 11.6 Å². The smallest absolute Gasteiger partial charge is 0.234 e. The van der Waals surface area contributed by atoms with Crippen LogP contribution in [0.2, 0.25) is 5.15 Å². The summed E-state index contributed by atoms with van der Waals surface area (Å²) in [6.45, 7) is 5.21. The Hall–Kier alpha value is -1.20. The summed E-state index contributed by atoms with van der Waals surface area (Å²) in [4.78, 5) is 21.6. The van der Waals surface area contributed by atoms with Crippen LogP contribution in [0.3, 0.4) is 0 Å². The van der Waals surface area contributed by atoms with Crippen LogP contribution in [0, 0.1) is 6.92 Å². The molecule has 0 aliphatic heterocycles. The van der Waals surface area contributed by atoms with E-state index in [9.17, 15) is 4.79 Å². The zero-order chi connectivity index (χ0) is 12.8. The maximum absolute atomic E-state index is 11.4. The van der Waals surface area contributed by atoms with Crippen molar-refractivity contribution in [3.8, 4) is 0 Å². The van der Waals surface area contributed by atoms with E-state index in [1.165, 1.54) is 0 Å². The van der Waals surface area contributed by atoms with Gasteiger partial charge in [-0.1, -0.05) is 11.6 Å². The zero-order valence-corrected chi connectivity index (χ0v) is 11.1. The van der Waals surface area contributed by atoms with Crippen LogP contribution in [0.5, 0.6) is 0 Å². The number of hydrogen-bond acceptors (Lipinski definition) is 4. The second kappa shape index (κ2) is 6.51. The standard InChI is InChI=1S/C11H17ClN4O/c1-4-13-11(17)7-16(3)6-10-14-8(2)5-9(12)15-10/h5H,4,6-7H2,1-3H3,(H,13,17). The van der Waals surface area contributed by atoms with Crippen molar-refractivity contribution in [2.75, 3.05) is 20.1 Å². The van der Waals surface area contributed by atoms with Crippen LogP contribution in [-0.4, -0.2) is 40.9 Å². The van der Waals surface area contributed by atoms with Gasteiger partial charge in [0.15, 0.2) is 0 Å². The molecular weight excluding hydrogens is 240 g/mol. The van der Waals surface area contributed by atoms with Gasteiger partial charge >= 0.3 is 0 Å². The van der Waals surface area contributed by atoms with Gasteiger partial charge in [0.05, 0.1) is 13.1 Å². The summed E-state index contributed by atoms with van der Waals surface area (Å²) in [5.74, 6) is 0.621. The van der Waals surface area contributed by atoms with Crippen molar-refractivity contribution in [3.05, 3.63) is 22.7 Å². The first-order chi connectivity index (χ1) is 8.01. The molecule has 94 valence electrons. The molecule has 1 rings (SSSR count). The molecule has 0 spiro atoms. The number of aryl methyl sites for hydroxylation is 1. The molecule has 0 bridgehead atoms. The van der Waals surface area contributed by atoms with Crippen molar-refractivity contribution in [1.82, 2.24) is 20.2 Å². The molecule has 0 fully saturated rings. The van der Waals surface area contributed by atoms with Gasteiger partial charge in [-0.15, -0.1) is 0 Å². The van der Waals surface area contributed by atoms with Gasteiger partial charge in [0, 0.05) is 12.2 Å². The fourth-order valence-corrected chi connectivity index (χ4v) is 1.71. The average Bonchev–Trinajstić information content (AvgIpc) is 2.14. The predicted molar refractivity (Wildman–Crippen MR) is 66.8 cm³/mol. The number of aromatic nitrogens is 2. The highest BCUT2D eigenvalue weighted by molar-refractivity contribution is 6.29. The lowest BCUT2D eigenvalue weighted by Crippen LogP contribution is -2.35. The van der Waals surface area contributed by atoms with Gasteiger partial charge in [0.25, 0.3) is 0 Å². The first-order valence-electron chi connectivity index (χ1n) is 5.46. The molecule has 0 aromatic carbocycles. The SMILES string of the molecule is CCNC(=O)CN(C)Cc1nc(C)cc(Cl)n1. The number of carbonyl (C=O) groups excluding carboxylic acids is 1. The highest BCUT2D eigenvalue weighted by atomic mass is 35.5. The molecule has 0 aliphatic rings. The second-order valence-corrected chi connectivity index (χ2v) is 4.26. The van der Waals surface area contributed by atoms with Crippen molar-refractivity contribution in [3.63, 3.8) is 0 Å². The molecule has 1 heterocycles. The van der Waals surface area contributed by atoms with Crippen LogP contribution in [0.1, 0.15) is 18.4 Å². The third-order valence-electron chi connectivity index (χ3n) is 2.07. The fourth-order valence-electron chi connectivity index (χ4n) is 1.46. The molecule has 1 aromatic rings. The van der Waals surface area contributed by atoms with Gasteiger partial charge in [-0.2, -0.15) is 0 Å². The van der Waals surface area contributed by atoms with Gasteiger partial charge in [0.1, 0.15) is 11.0 Å². The first-order valence-corrected chi connectivity index (χ1v) is 5.84. The molecule has 1 amide bonds. The first kappa shape index (κ1) is 13.9. The predicted octanol–water partition coefficient (Wildman–Crippen LogP) is 1.01. The lowest BCUT2D eigenvalue weighted by atomic mass is 10.4. The maximum atomic E-state index is 11.4. The number of hydrogen-bond donors (Lipinski definition) is 1. The monoisotopic (exact) mass is 256 g/mol. The van der Waals surface area contributed by atoms with Crippen molar-refractivity contribution in [2.24, 2.45) is 0 Å². The number of nitrogens with zero attached hydrogens (tertiary/aromatic N) is 3. The van der Waals surface area contributed by atoms with Gasteiger partial charge in [-0.25, -0.2) is 9.97 Å². The molecule has 0 saturated carbocycles. The maximum Gasteiger partial charge on any atom is 0.234 e. The molecule has 0 saturated heterocycles. The van der Waals surface area contributed by atoms with E-state index in [4.69, 9.17) is 11.6 Å². The summed E-state index contributed by atoms with van der Waals surface area (Å²) in [6, 6.07) is 1.70. The van der Waals surface area contributed by atoms with E-state index in [0.29, 0.717) is 30.6 Å². The van der Waals surface area contributed by atoms with Crippen molar-refractivity contribution >= 4 is 17.5 Å². The molecule has 0 radical (unpaired) electrons. The molecule has 0 aliphatic carbocycles. The largest absolute Gasteiger partial charge is 0.355 e. The van der Waals surface area contributed by atoms with E-state index in [-0.39, 0.29) is 5.91 Å². The number of nitrogens with one attached hydrogen (secondary N) is 1.